The van der Waals surface area contributed by atoms with Crippen molar-refractivity contribution in [2.45, 2.75) is 19.8 Å². The van der Waals surface area contributed by atoms with Crippen molar-refractivity contribution in [3.05, 3.63) is 36.5 Å². The highest BCUT2D eigenvalue weighted by Crippen LogP contribution is 2.20. The first-order valence-corrected chi connectivity index (χ1v) is 3.78. The highest BCUT2D eigenvalue weighted by molar-refractivity contribution is 5.18. The fraction of sp³-hybridized carbons (Fsp3) is 0.400. The van der Waals surface area contributed by atoms with Crippen LogP contribution in [0.4, 0.5) is 0 Å². The van der Waals surface area contributed by atoms with Gasteiger partial charge in [-0.2, -0.15) is 0 Å². The SMILES string of the molecule is C=CCC1C=CC=C(C)C1. The molecule has 0 aromatic carbocycles. The van der Waals surface area contributed by atoms with Gasteiger partial charge in [-0.3, -0.25) is 0 Å². The maximum atomic E-state index is 3.73. The van der Waals surface area contributed by atoms with Crippen molar-refractivity contribution < 1.29 is 0 Å². The third kappa shape index (κ3) is 1.87. The molecule has 1 rings (SSSR count). The lowest BCUT2D eigenvalue weighted by Gasteiger charge is -2.13. The van der Waals surface area contributed by atoms with Gasteiger partial charge in [-0.1, -0.05) is 29.9 Å². The molecule has 0 fully saturated rings. The zero-order chi connectivity index (χ0) is 7.40. The Hall–Kier alpha value is -0.780. The van der Waals surface area contributed by atoms with Gasteiger partial charge in [0.05, 0.1) is 0 Å². The molecule has 0 bridgehead atoms. The van der Waals surface area contributed by atoms with Crippen LogP contribution in [-0.4, -0.2) is 0 Å². The van der Waals surface area contributed by atoms with E-state index >= 15 is 0 Å². The Morgan fingerprint density at radius 1 is 1.80 bits per heavy atom. The largest absolute Gasteiger partial charge is 0.103 e. The summed E-state index contributed by atoms with van der Waals surface area (Å²) < 4.78 is 0. The summed E-state index contributed by atoms with van der Waals surface area (Å²) in [7, 11) is 0. The number of allylic oxidation sites excluding steroid dienone is 5. The monoisotopic (exact) mass is 134 g/mol. The van der Waals surface area contributed by atoms with Crippen molar-refractivity contribution >= 4 is 0 Å². The van der Waals surface area contributed by atoms with Crippen LogP contribution < -0.4 is 0 Å². The van der Waals surface area contributed by atoms with Gasteiger partial charge in [0.15, 0.2) is 0 Å². The van der Waals surface area contributed by atoms with Crippen LogP contribution in [0.3, 0.4) is 0 Å². The van der Waals surface area contributed by atoms with E-state index in [1.807, 2.05) is 6.08 Å². The first-order valence-electron chi connectivity index (χ1n) is 3.78. The molecule has 0 heterocycles. The fourth-order valence-electron chi connectivity index (χ4n) is 1.30. The maximum Gasteiger partial charge on any atom is -0.0159 e. The second-order valence-electron chi connectivity index (χ2n) is 2.89. The number of rotatable bonds is 2. The Bertz CT molecular complexity index is 172. The van der Waals surface area contributed by atoms with Crippen LogP contribution in [0.5, 0.6) is 0 Å². The summed E-state index contributed by atoms with van der Waals surface area (Å²) in [5.74, 6) is 0.711. The molecule has 0 aromatic rings. The first kappa shape index (κ1) is 7.33. The molecule has 1 aliphatic carbocycles. The Balaban J connectivity index is 2.47. The highest BCUT2D eigenvalue weighted by atomic mass is 14.1. The Kier molecular flexibility index (Phi) is 2.49. The van der Waals surface area contributed by atoms with E-state index in [1.165, 1.54) is 12.0 Å². The second kappa shape index (κ2) is 3.40. The van der Waals surface area contributed by atoms with E-state index in [9.17, 15) is 0 Å². The van der Waals surface area contributed by atoms with Gasteiger partial charge in [0.1, 0.15) is 0 Å². The molecular formula is C10H14. The van der Waals surface area contributed by atoms with Crippen LogP contribution in [0.2, 0.25) is 0 Å². The molecule has 0 spiro atoms. The standard InChI is InChI=1S/C10H14/c1-3-5-10-7-4-6-9(2)8-10/h3-4,6-7,10H,1,5,8H2,2H3. The molecule has 0 amide bonds. The molecule has 0 N–H and O–H groups in total. The minimum absolute atomic E-state index is 0.711. The topological polar surface area (TPSA) is 0 Å². The normalized spacial score (nSPS) is 24.1. The Labute approximate surface area is 62.9 Å². The Morgan fingerprint density at radius 2 is 2.60 bits per heavy atom. The van der Waals surface area contributed by atoms with E-state index in [0.29, 0.717) is 5.92 Å². The lowest BCUT2D eigenvalue weighted by atomic mass is 9.93. The molecule has 0 aromatic heterocycles. The average molecular weight is 134 g/mol. The summed E-state index contributed by atoms with van der Waals surface area (Å²) in [6, 6.07) is 0. The summed E-state index contributed by atoms with van der Waals surface area (Å²) in [6.45, 7) is 5.91. The quantitative estimate of drug-likeness (QED) is 0.509. The smallest absolute Gasteiger partial charge is 0.0159 e. The van der Waals surface area contributed by atoms with Gasteiger partial charge >= 0.3 is 0 Å². The molecule has 0 nitrogen and oxygen atoms in total. The summed E-state index contributed by atoms with van der Waals surface area (Å²) in [6.07, 6.45) is 10.9. The maximum absolute atomic E-state index is 3.73. The first-order chi connectivity index (χ1) is 4.83. The lowest BCUT2D eigenvalue weighted by Crippen LogP contribution is -1.98. The van der Waals surface area contributed by atoms with Crippen molar-refractivity contribution in [1.82, 2.24) is 0 Å². The average Bonchev–Trinajstić information content (AvgIpc) is 1.88. The molecule has 54 valence electrons. The summed E-state index contributed by atoms with van der Waals surface area (Å²) in [5, 5.41) is 0. The van der Waals surface area contributed by atoms with Crippen molar-refractivity contribution in [1.29, 1.82) is 0 Å². The van der Waals surface area contributed by atoms with Crippen LogP contribution in [0.15, 0.2) is 36.5 Å². The summed E-state index contributed by atoms with van der Waals surface area (Å²) in [5.41, 5.74) is 1.48. The molecule has 1 unspecified atom stereocenters. The van der Waals surface area contributed by atoms with Crippen LogP contribution in [0.25, 0.3) is 0 Å². The summed E-state index contributed by atoms with van der Waals surface area (Å²) in [4.78, 5) is 0. The van der Waals surface area contributed by atoms with Crippen molar-refractivity contribution in [2.24, 2.45) is 5.92 Å². The fourth-order valence-corrected chi connectivity index (χ4v) is 1.30. The molecule has 0 aliphatic heterocycles. The molecule has 0 heteroatoms. The predicted octanol–water partition coefficient (Wildman–Crippen LogP) is 3.08. The van der Waals surface area contributed by atoms with Crippen LogP contribution in [0.1, 0.15) is 19.8 Å². The predicted molar refractivity (Wildman–Crippen MR) is 45.8 cm³/mol. The summed E-state index contributed by atoms with van der Waals surface area (Å²) >= 11 is 0. The van der Waals surface area contributed by atoms with E-state index in [4.69, 9.17) is 0 Å². The minimum atomic E-state index is 0.711. The zero-order valence-electron chi connectivity index (χ0n) is 6.51. The van der Waals surface area contributed by atoms with E-state index in [2.05, 4.69) is 31.7 Å². The van der Waals surface area contributed by atoms with Crippen LogP contribution in [-0.2, 0) is 0 Å². The molecule has 0 radical (unpaired) electrons. The van der Waals surface area contributed by atoms with E-state index in [0.717, 1.165) is 6.42 Å². The third-order valence-electron chi connectivity index (χ3n) is 1.82. The van der Waals surface area contributed by atoms with Gasteiger partial charge in [0, 0.05) is 0 Å². The van der Waals surface area contributed by atoms with Crippen molar-refractivity contribution in [3.8, 4) is 0 Å². The van der Waals surface area contributed by atoms with Crippen molar-refractivity contribution in [3.63, 3.8) is 0 Å². The minimum Gasteiger partial charge on any atom is -0.103 e. The molecule has 0 saturated carbocycles. The molecular weight excluding hydrogens is 120 g/mol. The van der Waals surface area contributed by atoms with E-state index in [-0.39, 0.29) is 0 Å². The van der Waals surface area contributed by atoms with Gasteiger partial charge in [0.25, 0.3) is 0 Å². The van der Waals surface area contributed by atoms with Crippen LogP contribution >= 0.6 is 0 Å². The third-order valence-corrected chi connectivity index (χ3v) is 1.82. The van der Waals surface area contributed by atoms with E-state index in [1.54, 1.807) is 0 Å². The number of hydrogen-bond acceptors (Lipinski definition) is 0. The lowest BCUT2D eigenvalue weighted by molar-refractivity contribution is 0.647. The molecule has 1 aliphatic rings. The van der Waals surface area contributed by atoms with Gasteiger partial charge in [-0.15, -0.1) is 6.58 Å². The zero-order valence-corrected chi connectivity index (χ0v) is 6.51. The van der Waals surface area contributed by atoms with Crippen molar-refractivity contribution in [2.75, 3.05) is 0 Å². The van der Waals surface area contributed by atoms with Gasteiger partial charge < -0.3 is 0 Å². The molecule has 0 saturated heterocycles. The Morgan fingerprint density at radius 3 is 3.20 bits per heavy atom. The van der Waals surface area contributed by atoms with Gasteiger partial charge in [0.2, 0.25) is 0 Å². The molecule has 1 atom stereocenters. The van der Waals surface area contributed by atoms with Gasteiger partial charge in [-0.25, -0.2) is 0 Å². The molecule has 10 heavy (non-hydrogen) atoms. The van der Waals surface area contributed by atoms with E-state index < -0.39 is 0 Å². The van der Waals surface area contributed by atoms with Gasteiger partial charge in [-0.05, 0) is 25.7 Å². The number of hydrogen-bond donors (Lipinski definition) is 0. The second-order valence-corrected chi connectivity index (χ2v) is 2.89. The van der Waals surface area contributed by atoms with Crippen LogP contribution in [0, 0.1) is 5.92 Å². The highest BCUT2D eigenvalue weighted by Gasteiger charge is 2.05.